The van der Waals surface area contributed by atoms with Gasteiger partial charge in [-0.3, -0.25) is 4.90 Å². The summed E-state index contributed by atoms with van der Waals surface area (Å²) in [5.41, 5.74) is 6.74. The van der Waals surface area contributed by atoms with Gasteiger partial charge in [-0.25, -0.2) is 0 Å². The highest BCUT2D eigenvalue weighted by atomic mass is 16.5. The van der Waals surface area contributed by atoms with Crippen molar-refractivity contribution in [2.75, 3.05) is 26.2 Å². The van der Waals surface area contributed by atoms with Crippen LogP contribution in [0.15, 0.2) is 24.3 Å². The van der Waals surface area contributed by atoms with E-state index in [2.05, 4.69) is 11.8 Å². The van der Waals surface area contributed by atoms with Crippen LogP contribution in [-0.2, 0) is 6.54 Å². The van der Waals surface area contributed by atoms with Crippen LogP contribution in [0.3, 0.4) is 0 Å². The molecule has 0 aliphatic carbocycles. The lowest BCUT2D eigenvalue weighted by Crippen LogP contribution is -2.26. The maximum absolute atomic E-state index is 5.78. The minimum Gasteiger partial charge on any atom is -0.492 e. The Labute approximate surface area is 110 Å². The van der Waals surface area contributed by atoms with Crippen molar-refractivity contribution in [1.82, 2.24) is 4.90 Å². The van der Waals surface area contributed by atoms with Gasteiger partial charge in [-0.05, 0) is 36.6 Å². The molecule has 3 nitrogen and oxygen atoms in total. The van der Waals surface area contributed by atoms with Gasteiger partial charge in [-0.2, -0.15) is 0 Å². The van der Waals surface area contributed by atoms with Crippen LogP contribution in [0.25, 0.3) is 0 Å². The molecule has 0 amide bonds. The van der Waals surface area contributed by atoms with Crippen LogP contribution >= 0.6 is 0 Å². The number of likely N-dealkylation sites (tertiary alicyclic amines) is 1. The number of nitrogens with two attached hydrogens (primary N) is 1. The molecule has 2 N–H and O–H groups in total. The third-order valence-corrected chi connectivity index (χ3v) is 3.76. The van der Waals surface area contributed by atoms with Crippen molar-refractivity contribution < 1.29 is 4.74 Å². The third-order valence-electron chi connectivity index (χ3n) is 3.76. The zero-order valence-corrected chi connectivity index (χ0v) is 11.3. The van der Waals surface area contributed by atoms with E-state index >= 15 is 0 Å². The second-order valence-electron chi connectivity index (χ2n) is 5.06. The number of benzene rings is 1. The first-order chi connectivity index (χ1) is 8.81. The summed E-state index contributed by atoms with van der Waals surface area (Å²) in [4.78, 5) is 2.50. The first-order valence-electron chi connectivity index (χ1n) is 6.96. The van der Waals surface area contributed by atoms with E-state index in [-0.39, 0.29) is 0 Å². The van der Waals surface area contributed by atoms with Crippen LogP contribution in [0.2, 0.25) is 0 Å². The van der Waals surface area contributed by atoms with Crippen molar-refractivity contribution in [2.45, 2.75) is 26.3 Å². The Kier molecular flexibility index (Phi) is 5.02. The fraction of sp³-hybridized carbons (Fsp3) is 0.600. The average Bonchev–Trinajstić information content (AvgIpc) is 2.87. The molecule has 1 heterocycles. The number of hydrogen-bond donors (Lipinski definition) is 1. The SMILES string of the molecule is CCC1CCN(CCOc2cccc(CN)c2)C1. The molecule has 0 spiro atoms. The molecule has 1 aliphatic heterocycles. The van der Waals surface area contributed by atoms with E-state index < -0.39 is 0 Å². The summed E-state index contributed by atoms with van der Waals surface area (Å²) in [5.74, 6) is 1.83. The molecule has 1 fully saturated rings. The molecule has 1 aromatic carbocycles. The Morgan fingerprint density at radius 1 is 1.44 bits per heavy atom. The van der Waals surface area contributed by atoms with Crippen LogP contribution in [-0.4, -0.2) is 31.1 Å². The van der Waals surface area contributed by atoms with E-state index in [1.54, 1.807) is 0 Å². The van der Waals surface area contributed by atoms with Gasteiger partial charge in [-0.15, -0.1) is 0 Å². The highest BCUT2D eigenvalue weighted by Crippen LogP contribution is 2.19. The summed E-state index contributed by atoms with van der Waals surface area (Å²) in [6.45, 7) is 7.12. The normalized spacial score (nSPS) is 20.2. The zero-order chi connectivity index (χ0) is 12.8. The average molecular weight is 248 g/mol. The highest BCUT2D eigenvalue weighted by Gasteiger charge is 2.20. The van der Waals surface area contributed by atoms with E-state index in [0.717, 1.165) is 30.4 Å². The first kappa shape index (κ1) is 13.4. The van der Waals surface area contributed by atoms with Gasteiger partial charge in [0.05, 0.1) is 0 Å². The van der Waals surface area contributed by atoms with Crippen molar-refractivity contribution in [3.05, 3.63) is 29.8 Å². The van der Waals surface area contributed by atoms with Gasteiger partial charge in [0, 0.05) is 19.6 Å². The van der Waals surface area contributed by atoms with Crippen LogP contribution in [0.1, 0.15) is 25.3 Å². The molecular formula is C15H24N2O. The molecule has 1 unspecified atom stereocenters. The molecule has 18 heavy (non-hydrogen) atoms. The lowest BCUT2D eigenvalue weighted by atomic mass is 10.1. The molecule has 100 valence electrons. The molecule has 1 aliphatic rings. The summed E-state index contributed by atoms with van der Waals surface area (Å²) >= 11 is 0. The summed E-state index contributed by atoms with van der Waals surface area (Å²) < 4.78 is 5.78. The number of ether oxygens (including phenoxy) is 1. The van der Waals surface area contributed by atoms with E-state index in [1.165, 1.54) is 25.9 Å². The maximum Gasteiger partial charge on any atom is 0.119 e. The van der Waals surface area contributed by atoms with E-state index in [9.17, 15) is 0 Å². The minimum absolute atomic E-state index is 0.571. The summed E-state index contributed by atoms with van der Waals surface area (Å²) in [6, 6.07) is 8.05. The second-order valence-corrected chi connectivity index (χ2v) is 5.06. The van der Waals surface area contributed by atoms with Crippen molar-refractivity contribution >= 4 is 0 Å². The van der Waals surface area contributed by atoms with Crippen LogP contribution in [0.5, 0.6) is 5.75 Å². The number of rotatable bonds is 6. The molecule has 1 aromatic rings. The predicted octanol–water partition coefficient (Wildman–Crippen LogP) is 2.26. The Balaban J connectivity index is 1.72. The van der Waals surface area contributed by atoms with Gasteiger partial charge >= 0.3 is 0 Å². The summed E-state index contributed by atoms with van der Waals surface area (Å²) in [5, 5.41) is 0. The zero-order valence-electron chi connectivity index (χ0n) is 11.3. The quantitative estimate of drug-likeness (QED) is 0.839. The largest absolute Gasteiger partial charge is 0.492 e. The monoisotopic (exact) mass is 248 g/mol. The van der Waals surface area contributed by atoms with Gasteiger partial charge in [0.25, 0.3) is 0 Å². The van der Waals surface area contributed by atoms with Crippen LogP contribution < -0.4 is 10.5 Å². The molecule has 1 atom stereocenters. The molecule has 2 rings (SSSR count). The predicted molar refractivity (Wildman–Crippen MR) is 74.7 cm³/mol. The van der Waals surface area contributed by atoms with Crippen molar-refractivity contribution in [3.63, 3.8) is 0 Å². The lowest BCUT2D eigenvalue weighted by Gasteiger charge is -2.16. The molecule has 1 saturated heterocycles. The maximum atomic E-state index is 5.78. The van der Waals surface area contributed by atoms with Gasteiger partial charge in [-0.1, -0.05) is 25.5 Å². The summed E-state index contributed by atoms with van der Waals surface area (Å²) in [6.07, 6.45) is 2.65. The van der Waals surface area contributed by atoms with E-state index in [0.29, 0.717) is 6.54 Å². The highest BCUT2D eigenvalue weighted by molar-refractivity contribution is 5.28. The topological polar surface area (TPSA) is 38.5 Å². The summed E-state index contributed by atoms with van der Waals surface area (Å²) in [7, 11) is 0. The van der Waals surface area contributed by atoms with Gasteiger partial charge in [0.1, 0.15) is 12.4 Å². The molecule has 0 aromatic heterocycles. The Morgan fingerprint density at radius 3 is 3.06 bits per heavy atom. The van der Waals surface area contributed by atoms with Crippen molar-refractivity contribution in [3.8, 4) is 5.75 Å². The van der Waals surface area contributed by atoms with Crippen molar-refractivity contribution in [2.24, 2.45) is 11.7 Å². The van der Waals surface area contributed by atoms with E-state index in [4.69, 9.17) is 10.5 Å². The Morgan fingerprint density at radius 2 is 2.33 bits per heavy atom. The Bertz CT molecular complexity index is 367. The smallest absolute Gasteiger partial charge is 0.119 e. The van der Waals surface area contributed by atoms with Gasteiger partial charge < -0.3 is 10.5 Å². The van der Waals surface area contributed by atoms with Gasteiger partial charge in [0.15, 0.2) is 0 Å². The standard InChI is InChI=1S/C15H24N2O/c1-2-13-6-7-17(12-13)8-9-18-15-5-3-4-14(10-15)11-16/h3-5,10,13H,2,6-9,11-12,16H2,1H3. The Hall–Kier alpha value is -1.06. The van der Waals surface area contributed by atoms with Crippen molar-refractivity contribution in [1.29, 1.82) is 0 Å². The molecular weight excluding hydrogens is 224 g/mol. The molecule has 3 heteroatoms. The molecule has 0 radical (unpaired) electrons. The minimum atomic E-state index is 0.571. The van der Waals surface area contributed by atoms with Crippen LogP contribution in [0.4, 0.5) is 0 Å². The molecule has 0 saturated carbocycles. The first-order valence-corrected chi connectivity index (χ1v) is 6.96. The number of hydrogen-bond acceptors (Lipinski definition) is 3. The van der Waals surface area contributed by atoms with Gasteiger partial charge in [0.2, 0.25) is 0 Å². The third kappa shape index (κ3) is 3.72. The number of nitrogens with zero attached hydrogens (tertiary/aromatic N) is 1. The molecule has 0 bridgehead atoms. The lowest BCUT2D eigenvalue weighted by molar-refractivity contribution is 0.232. The second kappa shape index (κ2) is 6.76. The van der Waals surface area contributed by atoms with E-state index in [1.807, 2.05) is 24.3 Å². The van der Waals surface area contributed by atoms with Crippen LogP contribution in [0, 0.1) is 5.92 Å². The fourth-order valence-corrected chi connectivity index (χ4v) is 2.50. The fourth-order valence-electron chi connectivity index (χ4n) is 2.50.